The number of H-pyrrole nitrogens is 1. The summed E-state index contributed by atoms with van der Waals surface area (Å²) >= 11 is 3.47. The highest BCUT2D eigenvalue weighted by Gasteiger charge is 2.25. The monoisotopic (exact) mass is 372 g/mol. The summed E-state index contributed by atoms with van der Waals surface area (Å²) in [7, 11) is 0. The van der Waals surface area contributed by atoms with E-state index >= 15 is 0 Å². The minimum absolute atomic E-state index is 0.121. The van der Waals surface area contributed by atoms with Crippen LogP contribution in [0.2, 0.25) is 0 Å². The zero-order valence-corrected chi connectivity index (χ0v) is 13.9. The Balaban J connectivity index is 1.76. The molecular weight excluding hydrogens is 359 g/mol. The third kappa shape index (κ3) is 2.45. The molecule has 1 aliphatic heterocycles. The molecule has 0 spiro atoms. The second kappa shape index (κ2) is 5.49. The smallest absolute Gasteiger partial charge is 0.274 e. The molecule has 0 fully saturated rings. The van der Waals surface area contributed by atoms with Crippen molar-refractivity contribution in [3.05, 3.63) is 64.0 Å². The molecule has 0 aliphatic carbocycles. The number of aromatic amines is 1. The van der Waals surface area contributed by atoms with Crippen molar-refractivity contribution < 1.29 is 9.18 Å². The third-order valence-electron chi connectivity index (χ3n) is 4.25. The van der Waals surface area contributed by atoms with Crippen LogP contribution in [0, 0.1) is 5.82 Å². The van der Waals surface area contributed by atoms with Gasteiger partial charge in [0.25, 0.3) is 5.91 Å². The van der Waals surface area contributed by atoms with E-state index in [0.717, 1.165) is 28.6 Å². The van der Waals surface area contributed by atoms with Crippen molar-refractivity contribution in [1.82, 2.24) is 4.98 Å². The van der Waals surface area contributed by atoms with Crippen LogP contribution in [0.1, 0.15) is 22.5 Å². The van der Waals surface area contributed by atoms with Crippen LogP contribution in [0.5, 0.6) is 0 Å². The summed E-state index contributed by atoms with van der Waals surface area (Å²) in [6.07, 6.45) is 1.88. The summed E-state index contributed by atoms with van der Waals surface area (Å²) in [6.45, 7) is 0.672. The number of nitrogens with one attached hydrogen (secondary N) is 1. The fourth-order valence-electron chi connectivity index (χ4n) is 3.16. The van der Waals surface area contributed by atoms with Crippen LogP contribution in [-0.2, 0) is 6.42 Å². The lowest BCUT2D eigenvalue weighted by molar-refractivity contribution is 0.0981. The molecule has 1 N–H and O–H groups in total. The van der Waals surface area contributed by atoms with E-state index in [-0.39, 0.29) is 11.7 Å². The molecule has 0 atom stereocenters. The summed E-state index contributed by atoms with van der Waals surface area (Å²) < 4.78 is 14.9. The standard InChI is InChI=1S/C18H14BrFN2O/c19-12-6-7-17-11(9-12)3-2-8-22(17)18(23)16-10-13-14(20)4-1-5-15(13)21-16/h1,4-7,9-10,21H,2-3,8H2. The quantitative estimate of drug-likeness (QED) is 0.662. The molecule has 0 unspecified atom stereocenters. The van der Waals surface area contributed by atoms with Gasteiger partial charge >= 0.3 is 0 Å². The van der Waals surface area contributed by atoms with E-state index in [0.29, 0.717) is 23.1 Å². The largest absolute Gasteiger partial charge is 0.350 e. The number of hydrogen-bond donors (Lipinski definition) is 1. The molecule has 3 aromatic rings. The van der Waals surface area contributed by atoms with Crippen LogP contribution in [0.4, 0.5) is 10.1 Å². The number of benzene rings is 2. The SMILES string of the molecule is O=C(c1cc2c(F)cccc2[nH]1)N1CCCc2cc(Br)ccc21. The second-order valence-electron chi connectivity index (χ2n) is 5.72. The number of carbonyl (C=O) groups excluding carboxylic acids is 1. The molecule has 23 heavy (non-hydrogen) atoms. The van der Waals surface area contributed by atoms with Crippen LogP contribution in [-0.4, -0.2) is 17.4 Å². The summed E-state index contributed by atoms with van der Waals surface area (Å²) in [6, 6.07) is 12.4. The van der Waals surface area contributed by atoms with Crippen molar-refractivity contribution in [2.45, 2.75) is 12.8 Å². The first kappa shape index (κ1) is 14.5. The number of aryl methyl sites for hydroxylation is 1. The fraction of sp³-hybridized carbons (Fsp3) is 0.167. The Morgan fingerprint density at radius 3 is 2.91 bits per heavy atom. The number of aromatic nitrogens is 1. The maximum absolute atomic E-state index is 13.8. The zero-order valence-electron chi connectivity index (χ0n) is 12.3. The third-order valence-corrected chi connectivity index (χ3v) is 4.74. The summed E-state index contributed by atoms with van der Waals surface area (Å²) in [4.78, 5) is 17.7. The van der Waals surface area contributed by atoms with Gasteiger partial charge in [-0.3, -0.25) is 4.79 Å². The van der Waals surface area contributed by atoms with Gasteiger partial charge in [-0.2, -0.15) is 0 Å². The molecule has 1 aliphatic rings. The van der Waals surface area contributed by atoms with Gasteiger partial charge in [-0.25, -0.2) is 4.39 Å². The molecule has 4 rings (SSSR count). The minimum atomic E-state index is -0.319. The van der Waals surface area contributed by atoms with Crippen molar-refractivity contribution in [3.63, 3.8) is 0 Å². The predicted octanol–water partition coefficient (Wildman–Crippen LogP) is 4.66. The molecular formula is C18H14BrFN2O. The first-order valence-corrected chi connectivity index (χ1v) is 8.30. The highest BCUT2D eigenvalue weighted by atomic mass is 79.9. The lowest BCUT2D eigenvalue weighted by atomic mass is 10.0. The van der Waals surface area contributed by atoms with Gasteiger partial charge in [0.2, 0.25) is 0 Å². The number of rotatable bonds is 1. The summed E-state index contributed by atoms with van der Waals surface area (Å²) in [5.74, 6) is -0.440. The van der Waals surface area contributed by atoms with E-state index in [1.54, 1.807) is 23.1 Å². The van der Waals surface area contributed by atoms with Gasteiger partial charge in [0.1, 0.15) is 11.5 Å². The molecule has 0 radical (unpaired) electrons. The number of halogens is 2. The van der Waals surface area contributed by atoms with Crippen LogP contribution < -0.4 is 4.90 Å². The van der Waals surface area contributed by atoms with Gasteiger partial charge in [0, 0.05) is 27.6 Å². The van der Waals surface area contributed by atoms with E-state index in [1.165, 1.54) is 6.07 Å². The maximum atomic E-state index is 13.8. The van der Waals surface area contributed by atoms with Crippen molar-refractivity contribution in [3.8, 4) is 0 Å². The number of hydrogen-bond acceptors (Lipinski definition) is 1. The van der Waals surface area contributed by atoms with E-state index < -0.39 is 0 Å². The Morgan fingerprint density at radius 1 is 1.22 bits per heavy atom. The van der Waals surface area contributed by atoms with E-state index in [9.17, 15) is 9.18 Å². The summed E-state index contributed by atoms with van der Waals surface area (Å²) in [5, 5.41) is 0.448. The molecule has 0 saturated heterocycles. The molecule has 5 heteroatoms. The Morgan fingerprint density at radius 2 is 2.09 bits per heavy atom. The van der Waals surface area contributed by atoms with Gasteiger partial charge < -0.3 is 9.88 Å². The molecule has 1 amide bonds. The van der Waals surface area contributed by atoms with E-state index in [4.69, 9.17) is 0 Å². The number of nitrogens with zero attached hydrogens (tertiary/aromatic N) is 1. The number of anilines is 1. The van der Waals surface area contributed by atoms with Crippen molar-refractivity contribution >= 4 is 38.4 Å². The number of fused-ring (bicyclic) bond motifs is 2. The maximum Gasteiger partial charge on any atom is 0.274 e. The number of carbonyl (C=O) groups is 1. The first-order chi connectivity index (χ1) is 11.1. The van der Waals surface area contributed by atoms with Crippen LogP contribution in [0.3, 0.4) is 0 Å². The normalized spacial score (nSPS) is 14.1. The van der Waals surface area contributed by atoms with Crippen molar-refractivity contribution in [1.29, 1.82) is 0 Å². The van der Waals surface area contributed by atoms with E-state index in [1.807, 2.05) is 12.1 Å². The topological polar surface area (TPSA) is 36.1 Å². The lowest BCUT2D eigenvalue weighted by Gasteiger charge is -2.29. The number of amides is 1. The Labute approximate surface area is 141 Å². The molecule has 1 aromatic heterocycles. The molecule has 2 aromatic carbocycles. The molecule has 2 heterocycles. The van der Waals surface area contributed by atoms with Gasteiger partial charge in [-0.15, -0.1) is 0 Å². The molecule has 0 saturated carbocycles. The average Bonchev–Trinajstić information content (AvgIpc) is 2.99. The first-order valence-electron chi connectivity index (χ1n) is 7.51. The van der Waals surface area contributed by atoms with E-state index in [2.05, 4.69) is 27.0 Å². The Bertz CT molecular complexity index is 919. The minimum Gasteiger partial charge on any atom is -0.350 e. The fourth-order valence-corrected chi connectivity index (χ4v) is 3.56. The van der Waals surface area contributed by atoms with Gasteiger partial charge in [0.05, 0.1) is 0 Å². The highest BCUT2D eigenvalue weighted by molar-refractivity contribution is 9.10. The second-order valence-corrected chi connectivity index (χ2v) is 6.63. The average molecular weight is 373 g/mol. The molecule has 0 bridgehead atoms. The summed E-state index contributed by atoms with van der Waals surface area (Å²) in [5.41, 5.74) is 3.15. The molecule has 116 valence electrons. The van der Waals surface area contributed by atoms with Gasteiger partial charge in [-0.05, 0) is 54.8 Å². The van der Waals surface area contributed by atoms with Crippen LogP contribution >= 0.6 is 15.9 Å². The Hall–Kier alpha value is -2.14. The van der Waals surface area contributed by atoms with Crippen molar-refractivity contribution in [2.75, 3.05) is 11.4 Å². The van der Waals surface area contributed by atoms with Crippen molar-refractivity contribution in [2.24, 2.45) is 0 Å². The molecule has 3 nitrogen and oxygen atoms in total. The van der Waals surface area contributed by atoms with Crippen LogP contribution in [0.15, 0.2) is 46.9 Å². The van der Waals surface area contributed by atoms with Crippen LogP contribution in [0.25, 0.3) is 10.9 Å². The highest BCUT2D eigenvalue weighted by Crippen LogP contribution is 2.31. The zero-order chi connectivity index (χ0) is 16.0. The van der Waals surface area contributed by atoms with Gasteiger partial charge in [0.15, 0.2) is 0 Å². The predicted molar refractivity (Wildman–Crippen MR) is 92.4 cm³/mol. The Kier molecular flexibility index (Phi) is 3.45. The van der Waals surface area contributed by atoms with Gasteiger partial charge in [-0.1, -0.05) is 22.0 Å². The lowest BCUT2D eigenvalue weighted by Crippen LogP contribution is -2.35.